The van der Waals surface area contributed by atoms with Gasteiger partial charge in [0.2, 0.25) is 5.91 Å². The molecule has 0 fully saturated rings. The van der Waals surface area contributed by atoms with E-state index in [0.29, 0.717) is 22.1 Å². The number of pyridine rings is 1. The number of aromatic nitrogens is 2. The summed E-state index contributed by atoms with van der Waals surface area (Å²) in [6.07, 6.45) is 7.36. The van der Waals surface area contributed by atoms with E-state index in [9.17, 15) is 10.1 Å². The number of fused-ring (bicyclic) bond motifs is 1. The SMILES string of the molecule is CCC(Sc1nc2c(cc1C#N)CCCCCC2)C(=O)Nc1nc(C)cs1. The second kappa shape index (κ2) is 9.34. The molecule has 0 bridgehead atoms. The molecule has 0 aromatic carbocycles. The second-order valence-corrected chi connectivity index (χ2v) is 8.82. The standard InChI is InChI=1S/C20H24N4OS2/c1-3-17(18(25)24-20-22-13(2)12-26-20)27-19-15(11-21)10-14-8-6-4-5-7-9-16(14)23-19/h10,12,17H,3-9H2,1-2H3,(H,22,24,25). The van der Waals surface area contributed by atoms with E-state index in [4.69, 9.17) is 4.98 Å². The number of rotatable bonds is 5. The molecule has 1 aliphatic carbocycles. The van der Waals surface area contributed by atoms with Crippen molar-refractivity contribution in [3.8, 4) is 6.07 Å². The molecular weight excluding hydrogens is 376 g/mol. The van der Waals surface area contributed by atoms with Crippen LogP contribution in [0.3, 0.4) is 0 Å². The van der Waals surface area contributed by atoms with E-state index in [2.05, 4.69) is 16.4 Å². The number of anilines is 1. The van der Waals surface area contributed by atoms with Crippen LogP contribution >= 0.6 is 23.1 Å². The van der Waals surface area contributed by atoms with Crippen LogP contribution in [0.5, 0.6) is 0 Å². The van der Waals surface area contributed by atoms with Crippen LogP contribution in [0, 0.1) is 18.3 Å². The summed E-state index contributed by atoms with van der Waals surface area (Å²) < 4.78 is 0. The first-order valence-electron chi connectivity index (χ1n) is 9.43. The third kappa shape index (κ3) is 5.08. The first-order valence-corrected chi connectivity index (χ1v) is 11.2. The Morgan fingerprint density at radius 2 is 2.11 bits per heavy atom. The van der Waals surface area contributed by atoms with Crippen molar-refractivity contribution >= 4 is 34.1 Å². The number of hydrogen-bond acceptors (Lipinski definition) is 6. The summed E-state index contributed by atoms with van der Waals surface area (Å²) in [6.45, 7) is 3.88. The minimum absolute atomic E-state index is 0.0886. The van der Waals surface area contributed by atoms with Crippen LogP contribution in [-0.2, 0) is 17.6 Å². The van der Waals surface area contributed by atoms with Crippen LogP contribution in [0.1, 0.15) is 61.5 Å². The molecule has 5 nitrogen and oxygen atoms in total. The maximum atomic E-state index is 12.7. The lowest BCUT2D eigenvalue weighted by atomic mass is 9.96. The Hall–Kier alpha value is -1.91. The summed E-state index contributed by atoms with van der Waals surface area (Å²) in [5.74, 6) is -0.0886. The predicted molar refractivity (Wildman–Crippen MR) is 110 cm³/mol. The summed E-state index contributed by atoms with van der Waals surface area (Å²) >= 11 is 2.81. The lowest BCUT2D eigenvalue weighted by molar-refractivity contribution is -0.115. The van der Waals surface area contributed by atoms with Gasteiger partial charge in [-0.15, -0.1) is 11.3 Å². The fourth-order valence-corrected chi connectivity index (χ4v) is 4.88. The molecule has 0 saturated heterocycles. The maximum Gasteiger partial charge on any atom is 0.239 e. The van der Waals surface area contributed by atoms with Gasteiger partial charge in [0, 0.05) is 11.1 Å². The van der Waals surface area contributed by atoms with Crippen LogP contribution in [0.15, 0.2) is 16.5 Å². The van der Waals surface area contributed by atoms with Crippen LogP contribution in [0.4, 0.5) is 5.13 Å². The highest BCUT2D eigenvalue weighted by Crippen LogP contribution is 2.31. The number of nitriles is 1. The van der Waals surface area contributed by atoms with Gasteiger partial charge in [0.25, 0.3) is 0 Å². The molecule has 1 unspecified atom stereocenters. The second-order valence-electron chi connectivity index (χ2n) is 6.77. The molecule has 2 aromatic heterocycles. The molecule has 1 N–H and O–H groups in total. The number of carbonyl (C=O) groups excluding carboxylic acids is 1. The number of carbonyl (C=O) groups is 1. The zero-order valence-corrected chi connectivity index (χ0v) is 17.4. The van der Waals surface area contributed by atoms with E-state index in [0.717, 1.165) is 37.1 Å². The van der Waals surface area contributed by atoms with Gasteiger partial charge in [-0.1, -0.05) is 31.5 Å². The van der Waals surface area contributed by atoms with Crippen molar-refractivity contribution in [3.63, 3.8) is 0 Å². The van der Waals surface area contributed by atoms with Crippen molar-refractivity contribution < 1.29 is 4.79 Å². The molecule has 2 aromatic rings. The largest absolute Gasteiger partial charge is 0.301 e. The van der Waals surface area contributed by atoms with Crippen LogP contribution in [0.25, 0.3) is 0 Å². The fourth-order valence-electron chi connectivity index (χ4n) is 3.19. The van der Waals surface area contributed by atoms with Gasteiger partial charge in [-0.3, -0.25) is 4.79 Å². The summed E-state index contributed by atoms with van der Waals surface area (Å²) in [5.41, 5.74) is 3.77. The first kappa shape index (κ1) is 19.8. The fraction of sp³-hybridized carbons (Fsp3) is 0.500. The molecule has 27 heavy (non-hydrogen) atoms. The molecule has 7 heteroatoms. The van der Waals surface area contributed by atoms with Crippen molar-refractivity contribution in [2.45, 2.75) is 69.1 Å². The molecule has 0 spiro atoms. The Bertz CT molecular complexity index is 856. The van der Waals surface area contributed by atoms with E-state index < -0.39 is 0 Å². The van der Waals surface area contributed by atoms with E-state index in [1.807, 2.05) is 25.3 Å². The van der Waals surface area contributed by atoms with Crippen molar-refractivity contribution in [2.24, 2.45) is 0 Å². The Balaban J connectivity index is 1.80. The summed E-state index contributed by atoms with van der Waals surface area (Å²) in [6, 6.07) is 4.27. The van der Waals surface area contributed by atoms with Gasteiger partial charge in [-0.2, -0.15) is 5.26 Å². The highest BCUT2D eigenvalue weighted by molar-refractivity contribution is 8.00. The molecule has 142 valence electrons. The lowest BCUT2D eigenvalue weighted by Gasteiger charge is -2.17. The first-order chi connectivity index (χ1) is 13.1. The average Bonchev–Trinajstić information content (AvgIpc) is 3.05. The number of aryl methyl sites for hydroxylation is 3. The zero-order valence-electron chi connectivity index (χ0n) is 15.7. The van der Waals surface area contributed by atoms with Crippen LogP contribution < -0.4 is 5.32 Å². The molecule has 1 aliphatic rings. The topological polar surface area (TPSA) is 78.7 Å². The van der Waals surface area contributed by atoms with E-state index in [-0.39, 0.29) is 11.2 Å². The van der Waals surface area contributed by atoms with Crippen LogP contribution in [-0.4, -0.2) is 21.1 Å². The Morgan fingerprint density at radius 1 is 1.33 bits per heavy atom. The Labute approximate surface area is 168 Å². The lowest BCUT2D eigenvalue weighted by Crippen LogP contribution is -2.25. The summed E-state index contributed by atoms with van der Waals surface area (Å²) in [7, 11) is 0. The highest BCUT2D eigenvalue weighted by atomic mass is 32.2. The molecule has 1 atom stereocenters. The van der Waals surface area contributed by atoms with Gasteiger partial charge in [0.15, 0.2) is 5.13 Å². The summed E-state index contributed by atoms with van der Waals surface area (Å²) in [5, 5.41) is 15.4. The van der Waals surface area contributed by atoms with E-state index in [1.165, 1.54) is 41.5 Å². The number of thiazole rings is 1. The minimum atomic E-state index is -0.305. The quantitative estimate of drug-likeness (QED) is 0.723. The van der Waals surface area contributed by atoms with Gasteiger partial charge in [0.05, 0.1) is 16.5 Å². The van der Waals surface area contributed by atoms with Crippen molar-refractivity contribution in [1.82, 2.24) is 9.97 Å². The zero-order chi connectivity index (χ0) is 19.2. The average molecular weight is 401 g/mol. The Kier molecular flexibility index (Phi) is 6.86. The van der Waals surface area contributed by atoms with Crippen LogP contribution in [0.2, 0.25) is 0 Å². The molecule has 3 rings (SSSR count). The van der Waals surface area contributed by atoms with E-state index >= 15 is 0 Å². The number of amides is 1. The van der Waals surface area contributed by atoms with Crippen molar-refractivity contribution in [3.05, 3.63) is 34.0 Å². The van der Waals surface area contributed by atoms with Gasteiger partial charge >= 0.3 is 0 Å². The molecule has 1 amide bonds. The molecule has 0 saturated carbocycles. The number of thioether (sulfide) groups is 1. The molecule has 0 radical (unpaired) electrons. The molecule has 2 heterocycles. The van der Waals surface area contributed by atoms with Crippen molar-refractivity contribution in [2.75, 3.05) is 5.32 Å². The van der Waals surface area contributed by atoms with Gasteiger partial charge in [0.1, 0.15) is 11.1 Å². The highest BCUT2D eigenvalue weighted by Gasteiger charge is 2.23. The third-order valence-electron chi connectivity index (χ3n) is 4.65. The minimum Gasteiger partial charge on any atom is -0.301 e. The van der Waals surface area contributed by atoms with Crippen molar-refractivity contribution in [1.29, 1.82) is 5.26 Å². The maximum absolute atomic E-state index is 12.7. The molecular formula is C20H24N4OS2. The third-order valence-corrected chi connectivity index (χ3v) is 6.89. The summed E-state index contributed by atoms with van der Waals surface area (Å²) in [4.78, 5) is 21.8. The number of hydrogen-bond donors (Lipinski definition) is 1. The number of nitrogens with zero attached hydrogens (tertiary/aromatic N) is 3. The predicted octanol–water partition coefficient (Wildman–Crippen LogP) is 4.89. The Morgan fingerprint density at radius 3 is 2.78 bits per heavy atom. The van der Waals surface area contributed by atoms with E-state index in [1.54, 1.807) is 0 Å². The number of nitrogens with one attached hydrogen (secondary N) is 1. The van der Waals surface area contributed by atoms with Gasteiger partial charge < -0.3 is 5.32 Å². The monoisotopic (exact) mass is 400 g/mol. The van der Waals surface area contributed by atoms with Gasteiger partial charge in [-0.25, -0.2) is 9.97 Å². The molecule has 0 aliphatic heterocycles. The van der Waals surface area contributed by atoms with Gasteiger partial charge in [-0.05, 0) is 50.7 Å². The smallest absolute Gasteiger partial charge is 0.239 e. The normalized spacial score (nSPS) is 15.1.